The minimum atomic E-state index is -0.795. The van der Waals surface area contributed by atoms with E-state index in [0.29, 0.717) is 23.7 Å². The van der Waals surface area contributed by atoms with Gasteiger partial charge in [0.2, 0.25) is 0 Å². The number of carbonyl (C=O) groups excluding carboxylic acids is 1. The van der Waals surface area contributed by atoms with E-state index in [4.69, 9.17) is 9.84 Å². The van der Waals surface area contributed by atoms with Crippen LogP contribution in [0.15, 0.2) is 12.2 Å². The van der Waals surface area contributed by atoms with Crippen LogP contribution in [0, 0.1) is 0 Å². The maximum atomic E-state index is 10.9. The van der Waals surface area contributed by atoms with Crippen LogP contribution in [-0.4, -0.2) is 35.2 Å². The Morgan fingerprint density at radius 2 is 1.93 bits per heavy atom. The summed E-state index contributed by atoms with van der Waals surface area (Å²) < 4.78 is 4.84. The van der Waals surface area contributed by atoms with Crippen molar-refractivity contribution in [3.8, 4) is 0 Å². The SMILES string of the molecule is C=C(C)C(=O)OCCSSCCC(=O)O. The molecule has 6 heteroatoms. The smallest absolute Gasteiger partial charge is 0.333 e. The van der Waals surface area contributed by atoms with Crippen LogP contribution >= 0.6 is 21.6 Å². The van der Waals surface area contributed by atoms with Gasteiger partial charge in [-0.05, 0) is 6.92 Å². The lowest BCUT2D eigenvalue weighted by Crippen LogP contribution is -2.07. The number of carbonyl (C=O) groups is 2. The van der Waals surface area contributed by atoms with Crippen molar-refractivity contribution in [1.29, 1.82) is 0 Å². The first kappa shape index (κ1) is 14.4. The van der Waals surface area contributed by atoms with Crippen molar-refractivity contribution in [1.82, 2.24) is 0 Å². The second-order valence-electron chi connectivity index (χ2n) is 2.70. The van der Waals surface area contributed by atoms with Crippen LogP contribution in [0.4, 0.5) is 0 Å². The molecule has 0 heterocycles. The van der Waals surface area contributed by atoms with E-state index >= 15 is 0 Å². The van der Waals surface area contributed by atoms with E-state index in [2.05, 4.69) is 6.58 Å². The second-order valence-corrected chi connectivity index (χ2v) is 5.41. The molecule has 86 valence electrons. The molecule has 0 unspecified atom stereocenters. The molecule has 0 saturated carbocycles. The largest absolute Gasteiger partial charge is 0.481 e. The summed E-state index contributed by atoms with van der Waals surface area (Å²) in [7, 11) is 2.96. The molecule has 0 aromatic carbocycles. The Labute approximate surface area is 96.8 Å². The van der Waals surface area contributed by atoms with E-state index in [9.17, 15) is 9.59 Å². The highest BCUT2D eigenvalue weighted by Gasteiger charge is 2.02. The zero-order valence-electron chi connectivity index (χ0n) is 8.52. The molecule has 0 aliphatic rings. The Morgan fingerprint density at radius 3 is 2.47 bits per heavy atom. The minimum Gasteiger partial charge on any atom is -0.481 e. The van der Waals surface area contributed by atoms with Gasteiger partial charge in [0.05, 0.1) is 6.42 Å². The average Bonchev–Trinajstić information content (AvgIpc) is 2.15. The Morgan fingerprint density at radius 1 is 1.33 bits per heavy atom. The van der Waals surface area contributed by atoms with Gasteiger partial charge < -0.3 is 9.84 Å². The summed E-state index contributed by atoms with van der Waals surface area (Å²) >= 11 is 0. The van der Waals surface area contributed by atoms with Gasteiger partial charge in [0.15, 0.2) is 0 Å². The fourth-order valence-corrected chi connectivity index (χ4v) is 2.34. The van der Waals surface area contributed by atoms with Crippen molar-refractivity contribution < 1.29 is 19.4 Å². The first-order chi connectivity index (χ1) is 7.04. The van der Waals surface area contributed by atoms with E-state index in [0.717, 1.165) is 0 Å². The highest BCUT2D eigenvalue weighted by atomic mass is 33.1. The molecule has 1 N–H and O–H groups in total. The van der Waals surface area contributed by atoms with Crippen molar-refractivity contribution in [3.05, 3.63) is 12.2 Å². The summed E-state index contributed by atoms with van der Waals surface area (Å²) in [6.07, 6.45) is 0.156. The predicted molar refractivity (Wildman–Crippen MR) is 62.9 cm³/mol. The number of esters is 1. The Hall–Kier alpha value is -0.620. The van der Waals surface area contributed by atoms with E-state index in [1.807, 2.05) is 0 Å². The third-order valence-corrected chi connectivity index (χ3v) is 3.60. The number of carboxylic acid groups (broad SMARTS) is 1. The number of rotatable bonds is 8. The molecule has 0 spiro atoms. The van der Waals surface area contributed by atoms with Crippen molar-refractivity contribution >= 4 is 33.5 Å². The fourth-order valence-electron chi connectivity index (χ4n) is 0.538. The molecule has 0 amide bonds. The first-order valence-electron chi connectivity index (χ1n) is 4.33. The van der Waals surface area contributed by atoms with Crippen LogP contribution in [0.3, 0.4) is 0 Å². The van der Waals surface area contributed by atoms with E-state index < -0.39 is 5.97 Å². The van der Waals surface area contributed by atoms with Crippen LogP contribution < -0.4 is 0 Å². The first-order valence-corrected chi connectivity index (χ1v) is 6.81. The van der Waals surface area contributed by atoms with Crippen LogP contribution in [0.1, 0.15) is 13.3 Å². The molecule has 0 aliphatic carbocycles. The molecule has 0 saturated heterocycles. The number of ether oxygens (including phenoxy) is 1. The monoisotopic (exact) mass is 250 g/mol. The average molecular weight is 250 g/mol. The standard InChI is InChI=1S/C9H14O4S2/c1-7(2)9(12)13-4-6-15-14-5-3-8(10)11/h1,3-6H2,2H3,(H,10,11). The van der Waals surface area contributed by atoms with Crippen LogP contribution in [0.5, 0.6) is 0 Å². The van der Waals surface area contributed by atoms with Crippen LogP contribution in [0.2, 0.25) is 0 Å². The van der Waals surface area contributed by atoms with Gasteiger partial charge in [-0.3, -0.25) is 4.79 Å². The molecule has 4 nitrogen and oxygen atoms in total. The van der Waals surface area contributed by atoms with Gasteiger partial charge in [0.25, 0.3) is 0 Å². The molecular weight excluding hydrogens is 236 g/mol. The lowest BCUT2D eigenvalue weighted by atomic mass is 10.4. The van der Waals surface area contributed by atoms with E-state index in [1.165, 1.54) is 21.6 Å². The number of hydrogen-bond donors (Lipinski definition) is 1. The summed E-state index contributed by atoms with van der Waals surface area (Å²) in [4.78, 5) is 21.1. The molecule has 15 heavy (non-hydrogen) atoms. The zero-order chi connectivity index (χ0) is 11.7. The Bertz CT molecular complexity index is 240. The summed E-state index contributed by atoms with van der Waals surface area (Å²) in [5.74, 6) is 0.0422. The van der Waals surface area contributed by atoms with Crippen molar-refractivity contribution in [3.63, 3.8) is 0 Å². The Balaban J connectivity index is 3.22. The summed E-state index contributed by atoms with van der Waals surface area (Å²) in [5.41, 5.74) is 0.388. The minimum absolute atomic E-state index is 0.156. The molecule has 0 aromatic heterocycles. The van der Waals surface area contributed by atoms with E-state index in [1.54, 1.807) is 6.92 Å². The third kappa shape index (κ3) is 9.68. The fraction of sp³-hybridized carbons (Fsp3) is 0.556. The van der Waals surface area contributed by atoms with Crippen molar-refractivity contribution in [2.75, 3.05) is 18.1 Å². The van der Waals surface area contributed by atoms with Crippen molar-refractivity contribution in [2.45, 2.75) is 13.3 Å². The van der Waals surface area contributed by atoms with Gasteiger partial charge >= 0.3 is 11.9 Å². The molecule has 0 aliphatic heterocycles. The van der Waals surface area contributed by atoms with Gasteiger partial charge in [-0.1, -0.05) is 28.2 Å². The third-order valence-electron chi connectivity index (χ3n) is 1.23. The molecule has 0 bridgehead atoms. The Kier molecular flexibility index (Phi) is 8.31. The van der Waals surface area contributed by atoms with Gasteiger partial charge in [0.1, 0.15) is 6.61 Å². The summed E-state index contributed by atoms with van der Waals surface area (Å²) in [6.45, 7) is 5.38. The molecule has 0 rings (SSSR count). The van der Waals surface area contributed by atoms with E-state index in [-0.39, 0.29) is 12.4 Å². The maximum Gasteiger partial charge on any atom is 0.333 e. The maximum absolute atomic E-state index is 10.9. The normalized spacial score (nSPS) is 9.67. The highest BCUT2D eigenvalue weighted by Crippen LogP contribution is 2.21. The predicted octanol–water partition coefficient (Wildman–Crippen LogP) is 1.96. The molecular formula is C9H14O4S2. The molecule has 0 atom stereocenters. The van der Waals surface area contributed by atoms with Gasteiger partial charge in [-0.2, -0.15) is 0 Å². The van der Waals surface area contributed by atoms with Gasteiger partial charge in [0, 0.05) is 17.1 Å². The van der Waals surface area contributed by atoms with Gasteiger partial charge in [-0.25, -0.2) is 4.79 Å². The molecule has 0 aromatic rings. The van der Waals surface area contributed by atoms with Gasteiger partial charge in [-0.15, -0.1) is 0 Å². The lowest BCUT2D eigenvalue weighted by molar-refractivity contribution is -0.138. The quantitative estimate of drug-likeness (QED) is 0.307. The lowest BCUT2D eigenvalue weighted by Gasteiger charge is -2.03. The second kappa shape index (κ2) is 8.67. The molecule has 0 fully saturated rings. The number of carboxylic acids is 1. The topological polar surface area (TPSA) is 63.6 Å². The van der Waals surface area contributed by atoms with Crippen molar-refractivity contribution in [2.24, 2.45) is 0 Å². The number of hydrogen-bond acceptors (Lipinski definition) is 5. The van der Waals surface area contributed by atoms with Crippen LogP contribution in [-0.2, 0) is 14.3 Å². The summed E-state index contributed by atoms with van der Waals surface area (Å²) in [5, 5.41) is 8.35. The summed E-state index contributed by atoms with van der Waals surface area (Å²) in [6, 6.07) is 0. The molecule has 0 radical (unpaired) electrons. The van der Waals surface area contributed by atoms with Crippen LogP contribution in [0.25, 0.3) is 0 Å². The zero-order valence-corrected chi connectivity index (χ0v) is 10.2. The number of aliphatic carboxylic acids is 1. The highest BCUT2D eigenvalue weighted by molar-refractivity contribution is 8.76.